The Morgan fingerprint density at radius 2 is 2.10 bits per heavy atom. The van der Waals surface area contributed by atoms with Crippen molar-refractivity contribution in [3.05, 3.63) is 11.4 Å². The van der Waals surface area contributed by atoms with Gasteiger partial charge in [-0.15, -0.1) is 0 Å². The lowest BCUT2D eigenvalue weighted by molar-refractivity contribution is 0.0696. The van der Waals surface area contributed by atoms with Crippen molar-refractivity contribution >= 4 is 15.9 Å². The highest BCUT2D eigenvalue weighted by Gasteiger charge is 2.37. The van der Waals surface area contributed by atoms with E-state index in [0.29, 0.717) is 12.2 Å². The number of nitrogens with one attached hydrogen (secondary N) is 1. The van der Waals surface area contributed by atoms with E-state index in [1.165, 1.54) is 0 Å². The molecule has 1 aliphatic carbocycles. The van der Waals surface area contributed by atoms with Gasteiger partial charge in [-0.25, -0.2) is 13.6 Å². The number of aromatic nitrogens is 2. The molecule has 0 saturated heterocycles. The Morgan fingerprint density at radius 3 is 2.52 bits per heavy atom. The zero-order chi connectivity index (χ0) is 15.8. The molecule has 1 aromatic heterocycles. The third-order valence-corrected chi connectivity index (χ3v) is 4.55. The molecule has 1 aliphatic rings. The van der Waals surface area contributed by atoms with Gasteiger partial charge >= 0.3 is 0 Å². The van der Waals surface area contributed by atoms with Crippen LogP contribution in [0, 0.1) is 0 Å². The molecular weight excluding hydrogens is 292 g/mol. The molecule has 1 aromatic rings. The molecule has 8 heteroatoms. The van der Waals surface area contributed by atoms with Crippen molar-refractivity contribution in [2.45, 2.75) is 56.9 Å². The SMILES string of the molecule is CCCN(C(=O)c1n[nH]c(C2CC2)c1S(N)(=O)=O)C(C)C. The molecule has 0 aromatic carbocycles. The minimum absolute atomic E-state index is 0.0353. The Morgan fingerprint density at radius 1 is 1.48 bits per heavy atom. The van der Waals surface area contributed by atoms with E-state index < -0.39 is 10.0 Å². The smallest absolute Gasteiger partial charge is 0.276 e. The molecule has 21 heavy (non-hydrogen) atoms. The predicted octanol–water partition coefficient (Wildman–Crippen LogP) is 1.20. The molecule has 1 amide bonds. The first kappa shape index (κ1) is 16.0. The summed E-state index contributed by atoms with van der Waals surface area (Å²) in [4.78, 5) is 14.1. The molecule has 1 heterocycles. The Labute approximate surface area is 124 Å². The van der Waals surface area contributed by atoms with Crippen LogP contribution in [0.5, 0.6) is 0 Å². The van der Waals surface area contributed by atoms with Crippen molar-refractivity contribution in [3.8, 4) is 0 Å². The van der Waals surface area contributed by atoms with Crippen LogP contribution in [0.1, 0.15) is 62.1 Å². The molecule has 0 unspecified atom stereocenters. The van der Waals surface area contributed by atoms with E-state index in [1.54, 1.807) is 4.90 Å². The van der Waals surface area contributed by atoms with Gasteiger partial charge in [-0.2, -0.15) is 5.10 Å². The molecule has 3 N–H and O–H groups in total. The maximum atomic E-state index is 12.6. The van der Waals surface area contributed by atoms with Crippen LogP contribution >= 0.6 is 0 Å². The van der Waals surface area contributed by atoms with Crippen LogP contribution in [-0.4, -0.2) is 42.0 Å². The number of amides is 1. The summed E-state index contributed by atoms with van der Waals surface area (Å²) in [5, 5.41) is 12.0. The van der Waals surface area contributed by atoms with Crippen LogP contribution in [0.15, 0.2) is 4.90 Å². The summed E-state index contributed by atoms with van der Waals surface area (Å²) in [6, 6.07) is -0.0353. The first-order chi connectivity index (χ1) is 9.77. The second-order valence-electron chi connectivity index (χ2n) is 5.73. The van der Waals surface area contributed by atoms with Crippen LogP contribution in [0.25, 0.3) is 0 Å². The van der Waals surface area contributed by atoms with E-state index in [1.807, 2.05) is 20.8 Å². The molecule has 0 bridgehead atoms. The topological polar surface area (TPSA) is 109 Å². The Hall–Kier alpha value is -1.41. The minimum Gasteiger partial charge on any atom is -0.335 e. The van der Waals surface area contributed by atoms with Crippen molar-refractivity contribution in [3.63, 3.8) is 0 Å². The van der Waals surface area contributed by atoms with Crippen molar-refractivity contribution in [2.24, 2.45) is 5.14 Å². The first-order valence-corrected chi connectivity index (χ1v) is 8.74. The van der Waals surface area contributed by atoms with E-state index in [-0.39, 0.29) is 28.5 Å². The molecule has 0 aliphatic heterocycles. The quantitative estimate of drug-likeness (QED) is 0.822. The van der Waals surface area contributed by atoms with Crippen molar-refractivity contribution < 1.29 is 13.2 Å². The third-order valence-electron chi connectivity index (χ3n) is 3.57. The fraction of sp³-hybridized carbons (Fsp3) is 0.692. The average molecular weight is 314 g/mol. The highest BCUT2D eigenvalue weighted by atomic mass is 32.2. The summed E-state index contributed by atoms with van der Waals surface area (Å²) in [6.07, 6.45) is 2.57. The van der Waals surface area contributed by atoms with Gasteiger partial charge < -0.3 is 4.90 Å². The molecule has 0 spiro atoms. The zero-order valence-electron chi connectivity index (χ0n) is 12.6. The van der Waals surface area contributed by atoms with Gasteiger partial charge in [0.15, 0.2) is 5.69 Å². The number of nitrogens with zero attached hydrogens (tertiary/aromatic N) is 2. The summed E-state index contributed by atoms with van der Waals surface area (Å²) in [6.45, 7) is 6.28. The molecule has 0 radical (unpaired) electrons. The Kier molecular flexibility index (Phi) is 4.38. The van der Waals surface area contributed by atoms with Gasteiger partial charge in [0.2, 0.25) is 10.0 Å². The summed E-state index contributed by atoms with van der Waals surface area (Å²) in [7, 11) is -3.99. The largest absolute Gasteiger partial charge is 0.335 e. The second-order valence-corrected chi connectivity index (χ2v) is 7.22. The van der Waals surface area contributed by atoms with E-state index in [9.17, 15) is 13.2 Å². The standard InChI is InChI=1S/C13H22N4O3S/c1-4-7-17(8(2)3)13(18)11-12(21(14,19)20)10(15-16-11)9-5-6-9/h8-9H,4-7H2,1-3H3,(H,15,16)(H2,14,19,20). The normalized spacial score (nSPS) is 15.5. The van der Waals surface area contributed by atoms with Gasteiger partial charge in [-0.3, -0.25) is 9.89 Å². The highest BCUT2D eigenvalue weighted by molar-refractivity contribution is 7.89. The second kappa shape index (κ2) is 5.76. The van der Waals surface area contributed by atoms with E-state index in [0.717, 1.165) is 19.3 Å². The van der Waals surface area contributed by atoms with Gasteiger partial charge in [0.05, 0.1) is 5.69 Å². The molecule has 118 valence electrons. The summed E-state index contributed by atoms with van der Waals surface area (Å²) in [5.74, 6) is -0.273. The molecule has 0 atom stereocenters. The maximum absolute atomic E-state index is 12.6. The number of rotatable bonds is 6. The summed E-state index contributed by atoms with van der Waals surface area (Å²) in [5.41, 5.74) is 0.391. The van der Waals surface area contributed by atoms with Crippen LogP contribution in [0.3, 0.4) is 0 Å². The highest BCUT2D eigenvalue weighted by Crippen LogP contribution is 2.42. The van der Waals surface area contributed by atoms with Gasteiger partial charge in [-0.05, 0) is 33.1 Å². The lowest BCUT2D eigenvalue weighted by atomic mass is 10.2. The van der Waals surface area contributed by atoms with E-state index in [2.05, 4.69) is 10.2 Å². The zero-order valence-corrected chi connectivity index (χ0v) is 13.4. The summed E-state index contributed by atoms with van der Waals surface area (Å²) < 4.78 is 23.7. The number of aromatic amines is 1. The lowest BCUT2D eigenvalue weighted by Crippen LogP contribution is -2.38. The van der Waals surface area contributed by atoms with Gasteiger partial charge in [0, 0.05) is 18.5 Å². The number of carbonyl (C=O) groups is 1. The fourth-order valence-electron chi connectivity index (χ4n) is 2.40. The number of nitrogens with two attached hydrogens (primary N) is 1. The van der Waals surface area contributed by atoms with E-state index >= 15 is 0 Å². The third kappa shape index (κ3) is 3.26. The molecule has 2 rings (SSSR count). The van der Waals surface area contributed by atoms with Gasteiger partial charge in [-0.1, -0.05) is 6.92 Å². The number of H-pyrrole nitrogens is 1. The Bertz CT molecular complexity index is 632. The fourth-order valence-corrected chi connectivity index (χ4v) is 3.32. The van der Waals surface area contributed by atoms with Crippen LogP contribution in [-0.2, 0) is 10.0 Å². The monoisotopic (exact) mass is 314 g/mol. The molecule has 1 fully saturated rings. The summed E-state index contributed by atoms with van der Waals surface area (Å²) >= 11 is 0. The number of carbonyl (C=O) groups excluding carboxylic acids is 1. The molecule has 1 saturated carbocycles. The maximum Gasteiger partial charge on any atom is 0.276 e. The van der Waals surface area contributed by atoms with E-state index in [4.69, 9.17) is 5.14 Å². The molecule has 7 nitrogen and oxygen atoms in total. The van der Waals surface area contributed by atoms with Crippen LogP contribution in [0.4, 0.5) is 0 Å². The predicted molar refractivity (Wildman–Crippen MR) is 78.4 cm³/mol. The van der Waals surface area contributed by atoms with Crippen molar-refractivity contribution in [1.82, 2.24) is 15.1 Å². The first-order valence-electron chi connectivity index (χ1n) is 7.19. The van der Waals surface area contributed by atoms with Crippen LogP contribution in [0.2, 0.25) is 0 Å². The number of sulfonamides is 1. The number of hydrogen-bond acceptors (Lipinski definition) is 4. The number of hydrogen-bond donors (Lipinski definition) is 2. The van der Waals surface area contributed by atoms with Crippen molar-refractivity contribution in [1.29, 1.82) is 0 Å². The average Bonchev–Trinajstić information content (AvgIpc) is 3.11. The van der Waals surface area contributed by atoms with Gasteiger partial charge in [0.25, 0.3) is 5.91 Å². The lowest BCUT2D eigenvalue weighted by Gasteiger charge is -2.25. The van der Waals surface area contributed by atoms with Crippen molar-refractivity contribution in [2.75, 3.05) is 6.54 Å². The number of primary sulfonamides is 1. The molecular formula is C13H22N4O3S. The van der Waals surface area contributed by atoms with Crippen LogP contribution < -0.4 is 5.14 Å². The minimum atomic E-state index is -3.99. The van der Waals surface area contributed by atoms with Gasteiger partial charge in [0.1, 0.15) is 4.90 Å². The Balaban J connectivity index is 2.46.